The maximum Gasteiger partial charge on any atom is 0.416 e. The molecule has 5 N–H and O–H groups in total. The number of anilines is 3. The molecular weight excluding hydrogens is 439 g/mol. The molecule has 4 rings (SSSR count). The number of amidine groups is 1. The van der Waals surface area contributed by atoms with Gasteiger partial charge in [0.1, 0.15) is 12.0 Å². The van der Waals surface area contributed by atoms with E-state index in [-0.39, 0.29) is 5.56 Å². The summed E-state index contributed by atoms with van der Waals surface area (Å²) in [5, 5.41) is 9.71. The fraction of sp³-hybridized carbons (Fsp3) is 0.192. The van der Waals surface area contributed by atoms with Crippen LogP contribution in [0.2, 0.25) is 0 Å². The van der Waals surface area contributed by atoms with E-state index in [9.17, 15) is 13.2 Å². The Kier molecular flexibility index (Phi) is 6.49. The van der Waals surface area contributed by atoms with Crippen LogP contribution in [-0.4, -0.2) is 12.4 Å². The van der Waals surface area contributed by atoms with Crippen molar-refractivity contribution in [2.75, 3.05) is 22.9 Å². The molecule has 1 aliphatic rings. The number of aliphatic imine (C=N–C) groups is 1. The van der Waals surface area contributed by atoms with E-state index in [4.69, 9.17) is 5.73 Å². The van der Waals surface area contributed by atoms with Crippen molar-refractivity contribution in [3.63, 3.8) is 0 Å². The van der Waals surface area contributed by atoms with Gasteiger partial charge < -0.3 is 21.7 Å². The first-order valence-corrected chi connectivity index (χ1v) is 11.0. The fourth-order valence-corrected chi connectivity index (χ4v) is 3.87. The van der Waals surface area contributed by atoms with E-state index in [0.717, 1.165) is 35.8 Å². The number of hydrogen-bond acceptors (Lipinski definition) is 5. The van der Waals surface area contributed by atoms with Gasteiger partial charge in [-0.3, -0.25) is 0 Å². The summed E-state index contributed by atoms with van der Waals surface area (Å²) in [4.78, 5) is 4.63. The van der Waals surface area contributed by atoms with Crippen LogP contribution < -0.4 is 21.7 Å². The number of benzene rings is 3. The minimum Gasteiger partial charge on any atom is -0.399 e. The van der Waals surface area contributed by atoms with E-state index in [0.29, 0.717) is 22.9 Å². The zero-order chi connectivity index (χ0) is 24.3. The lowest BCUT2D eigenvalue weighted by Gasteiger charge is -2.28. The summed E-state index contributed by atoms with van der Waals surface area (Å²) < 4.78 is 41.1. The van der Waals surface area contributed by atoms with Gasteiger partial charge in [-0.2, -0.15) is 13.2 Å². The number of halogens is 3. The van der Waals surface area contributed by atoms with Crippen LogP contribution in [0, 0.1) is 0 Å². The molecule has 5 nitrogen and oxygen atoms in total. The van der Waals surface area contributed by atoms with Crippen molar-refractivity contribution in [1.82, 2.24) is 5.32 Å². The third kappa shape index (κ3) is 4.85. The Morgan fingerprint density at radius 3 is 2.59 bits per heavy atom. The van der Waals surface area contributed by atoms with Crippen LogP contribution in [-0.2, 0) is 6.18 Å². The van der Waals surface area contributed by atoms with Crippen LogP contribution >= 0.6 is 0 Å². The predicted molar refractivity (Wildman–Crippen MR) is 133 cm³/mol. The molecule has 0 saturated carbocycles. The lowest BCUT2D eigenvalue weighted by atomic mass is 10.0. The molecule has 0 saturated heterocycles. The van der Waals surface area contributed by atoms with Crippen LogP contribution in [0.1, 0.15) is 41.8 Å². The lowest BCUT2D eigenvalue weighted by molar-refractivity contribution is -0.138. The van der Waals surface area contributed by atoms with Crippen LogP contribution in [0.3, 0.4) is 0 Å². The highest BCUT2D eigenvalue weighted by molar-refractivity contribution is 6.08. The van der Waals surface area contributed by atoms with Crippen LogP contribution in [0.4, 0.5) is 30.2 Å². The number of rotatable bonds is 6. The summed E-state index contributed by atoms with van der Waals surface area (Å²) in [6.45, 7) is 7.01. The summed E-state index contributed by atoms with van der Waals surface area (Å²) >= 11 is 0. The monoisotopic (exact) mass is 465 g/mol. The van der Waals surface area contributed by atoms with Gasteiger partial charge in [-0.15, -0.1) is 0 Å². The number of nitrogens with one attached hydrogen (secondary N) is 3. The number of alkyl halides is 3. The molecule has 0 aromatic heterocycles. The predicted octanol–water partition coefficient (Wildman–Crippen LogP) is 6.24. The fourth-order valence-electron chi connectivity index (χ4n) is 3.87. The van der Waals surface area contributed by atoms with Crippen molar-refractivity contribution in [3.05, 3.63) is 95.6 Å². The van der Waals surface area contributed by atoms with Gasteiger partial charge in [-0.25, -0.2) is 4.99 Å². The molecule has 0 fully saturated rings. The zero-order valence-electron chi connectivity index (χ0n) is 18.7. The van der Waals surface area contributed by atoms with Crippen molar-refractivity contribution < 1.29 is 13.2 Å². The van der Waals surface area contributed by atoms with Crippen molar-refractivity contribution in [2.24, 2.45) is 4.99 Å². The van der Waals surface area contributed by atoms with Crippen molar-refractivity contribution >= 4 is 28.6 Å². The van der Waals surface area contributed by atoms with Crippen LogP contribution in [0.25, 0.3) is 5.70 Å². The molecule has 0 amide bonds. The average Bonchev–Trinajstić information content (AvgIpc) is 2.82. The van der Waals surface area contributed by atoms with E-state index < -0.39 is 17.9 Å². The van der Waals surface area contributed by atoms with E-state index in [1.807, 2.05) is 30.3 Å². The molecule has 0 bridgehead atoms. The summed E-state index contributed by atoms with van der Waals surface area (Å²) in [6.07, 6.45) is -4.49. The normalized spacial score (nSPS) is 15.1. The number of nitrogen functional groups attached to an aromatic ring is 1. The second-order valence-electron chi connectivity index (χ2n) is 7.99. The average molecular weight is 466 g/mol. The smallest absolute Gasteiger partial charge is 0.399 e. The van der Waals surface area contributed by atoms with Gasteiger partial charge in [0.2, 0.25) is 0 Å². The molecule has 34 heavy (non-hydrogen) atoms. The first-order chi connectivity index (χ1) is 16.3. The summed E-state index contributed by atoms with van der Waals surface area (Å²) in [5.41, 5.74) is 9.47. The molecule has 176 valence electrons. The quantitative estimate of drug-likeness (QED) is 0.325. The van der Waals surface area contributed by atoms with Crippen molar-refractivity contribution in [2.45, 2.75) is 25.7 Å². The maximum atomic E-state index is 13.7. The molecule has 1 atom stereocenters. The molecule has 0 radical (unpaired) electrons. The number of fused-ring (bicyclic) bond motifs is 1. The topological polar surface area (TPSA) is 74.5 Å². The molecule has 0 spiro atoms. The summed E-state index contributed by atoms with van der Waals surface area (Å²) in [5.74, 6) is 0.421. The highest BCUT2D eigenvalue weighted by Crippen LogP contribution is 2.38. The number of para-hydroxylation sites is 1. The number of nitrogens with two attached hydrogens (primary N) is 1. The molecule has 8 heteroatoms. The Morgan fingerprint density at radius 1 is 1.09 bits per heavy atom. The van der Waals surface area contributed by atoms with Crippen LogP contribution in [0.5, 0.6) is 0 Å². The molecule has 1 aliphatic heterocycles. The van der Waals surface area contributed by atoms with Gasteiger partial charge in [0.25, 0.3) is 0 Å². The third-order valence-corrected chi connectivity index (χ3v) is 5.50. The van der Waals surface area contributed by atoms with E-state index >= 15 is 0 Å². The largest absolute Gasteiger partial charge is 0.416 e. The molecule has 3 aromatic carbocycles. The Morgan fingerprint density at radius 2 is 1.82 bits per heavy atom. The highest BCUT2D eigenvalue weighted by atomic mass is 19.4. The van der Waals surface area contributed by atoms with Gasteiger partial charge in [-0.1, -0.05) is 43.8 Å². The van der Waals surface area contributed by atoms with E-state index in [2.05, 4.69) is 34.4 Å². The van der Waals surface area contributed by atoms with Gasteiger partial charge in [0, 0.05) is 46.0 Å². The molecular formula is C26H26F3N5. The summed E-state index contributed by atoms with van der Waals surface area (Å²) in [7, 11) is 0. The number of hydrogen-bond donors (Lipinski definition) is 4. The molecule has 3 aromatic rings. The highest BCUT2D eigenvalue weighted by Gasteiger charge is 2.36. The summed E-state index contributed by atoms with van der Waals surface area (Å²) in [6, 6.07) is 18.3. The second-order valence-corrected chi connectivity index (χ2v) is 7.99. The van der Waals surface area contributed by atoms with Gasteiger partial charge in [0.05, 0.1) is 5.56 Å². The Hall–Kier alpha value is -3.94. The first kappa shape index (κ1) is 23.2. The van der Waals surface area contributed by atoms with Crippen molar-refractivity contribution in [1.29, 1.82) is 0 Å². The first-order valence-electron chi connectivity index (χ1n) is 11.0. The SMILES string of the molecule is C=C(NC1=NC(c2ccccc2C(F)(F)F)Nc2ccccc21)c1cc(N)ccc1NCCC. The minimum atomic E-state index is -4.50. The van der Waals surface area contributed by atoms with Crippen molar-refractivity contribution in [3.8, 4) is 0 Å². The molecule has 1 unspecified atom stereocenters. The van der Waals surface area contributed by atoms with E-state index in [1.165, 1.54) is 12.1 Å². The Bertz CT molecular complexity index is 1230. The Balaban J connectivity index is 1.73. The Labute approximate surface area is 196 Å². The second kappa shape index (κ2) is 9.51. The molecule has 0 aliphatic carbocycles. The minimum absolute atomic E-state index is 0.0451. The standard InChI is InChI=1S/C26H26F3N5/c1-3-14-31-22-13-12-17(30)15-20(22)16(2)32-25-19-9-5-7-11-23(19)33-24(34-25)18-8-4-6-10-21(18)26(27,28)29/h4-13,15,24,31,33H,2-3,14,30H2,1H3,(H,32,34). The van der Waals surface area contributed by atoms with Gasteiger partial charge in [-0.05, 0) is 42.8 Å². The number of nitrogens with zero attached hydrogens (tertiary/aromatic N) is 1. The van der Waals surface area contributed by atoms with Gasteiger partial charge in [0.15, 0.2) is 0 Å². The lowest BCUT2D eigenvalue weighted by Crippen LogP contribution is -2.30. The van der Waals surface area contributed by atoms with E-state index in [1.54, 1.807) is 18.2 Å². The zero-order valence-corrected chi connectivity index (χ0v) is 18.7. The maximum absolute atomic E-state index is 13.7. The third-order valence-electron chi connectivity index (χ3n) is 5.50. The van der Waals surface area contributed by atoms with Crippen LogP contribution in [0.15, 0.2) is 78.3 Å². The molecule has 1 heterocycles. The van der Waals surface area contributed by atoms with Gasteiger partial charge >= 0.3 is 6.18 Å².